The van der Waals surface area contributed by atoms with E-state index in [1.165, 1.54) is 18.3 Å². The van der Waals surface area contributed by atoms with Crippen LogP contribution in [0.25, 0.3) is 10.2 Å². The summed E-state index contributed by atoms with van der Waals surface area (Å²) in [5.41, 5.74) is 2.46. The van der Waals surface area contributed by atoms with Crippen molar-refractivity contribution < 1.29 is 23.9 Å². The molecule has 0 aliphatic carbocycles. The first-order valence-electron chi connectivity index (χ1n) is 8.41. The Bertz CT molecular complexity index is 1080. The van der Waals surface area contributed by atoms with E-state index in [1.807, 2.05) is 6.07 Å². The van der Waals surface area contributed by atoms with Gasteiger partial charge in [0.25, 0.3) is 5.91 Å². The fourth-order valence-electron chi connectivity index (χ4n) is 2.93. The number of aromatic amines is 1. The quantitative estimate of drug-likeness (QED) is 0.485. The molecule has 9 heteroatoms. The number of H-pyrrole nitrogens is 1. The van der Waals surface area contributed by atoms with Gasteiger partial charge in [-0.3, -0.25) is 14.9 Å². The number of anilines is 1. The fraction of sp³-hybridized carbons (Fsp3) is 0.263. The van der Waals surface area contributed by atoms with E-state index < -0.39 is 18.5 Å². The molecule has 28 heavy (non-hydrogen) atoms. The molecule has 3 aromatic rings. The van der Waals surface area contributed by atoms with Crippen molar-refractivity contribution in [2.75, 3.05) is 19.0 Å². The predicted octanol–water partition coefficient (Wildman–Crippen LogP) is 3.25. The van der Waals surface area contributed by atoms with Crippen LogP contribution in [0.4, 0.5) is 5.13 Å². The summed E-state index contributed by atoms with van der Waals surface area (Å²) in [5, 5.41) is 3.01. The average molecular weight is 401 g/mol. The van der Waals surface area contributed by atoms with Crippen LogP contribution in [0.5, 0.6) is 5.75 Å². The lowest BCUT2D eigenvalue weighted by Crippen LogP contribution is -2.21. The lowest BCUT2D eigenvalue weighted by Gasteiger charge is -2.04. The Labute approximate surface area is 164 Å². The minimum atomic E-state index is -0.697. The molecular formula is C19H19N3O5S. The Morgan fingerprint density at radius 3 is 2.64 bits per heavy atom. The van der Waals surface area contributed by atoms with Crippen LogP contribution in [0.1, 0.15) is 39.0 Å². The van der Waals surface area contributed by atoms with Gasteiger partial charge in [0.15, 0.2) is 17.5 Å². The number of aryl methyl sites for hydroxylation is 1. The number of methoxy groups -OCH3 is 1. The summed E-state index contributed by atoms with van der Waals surface area (Å²) in [5.74, 6) is -0.649. The van der Waals surface area contributed by atoms with Gasteiger partial charge >= 0.3 is 5.97 Å². The van der Waals surface area contributed by atoms with Crippen LogP contribution in [0.15, 0.2) is 18.2 Å². The van der Waals surface area contributed by atoms with Crippen molar-refractivity contribution in [3.05, 3.63) is 40.7 Å². The maximum atomic E-state index is 12.3. The minimum Gasteiger partial charge on any atom is -0.497 e. The zero-order chi connectivity index (χ0) is 20.4. The number of nitrogens with zero attached hydrogens (tertiary/aromatic N) is 1. The number of aromatic nitrogens is 2. The molecule has 0 fully saturated rings. The van der Waals surface area contributed by atoms with Crippen LogP contribution in [-0.2, 0) is 9.53 Å². The number of hydrogen-bond acceptors (Lipinski definition) is 7. The van der Waals surface area contributed by atoms with Crippen LogP contribution in [0.2, 0.25) is 0 Å². The number of carbonyl (C=O) groups excluding carboxylic acids is 3. The van der Waals surface area contributed by atoms with Gasteiger partial charge in [-0.15, -0.1) is 0 Å². The molecule has 3 rings (SSSR count). The van der Waals surface area contributed by atoms with Crippen LogP contribution in [0, 0.1) is 13.8 Å². The molecule has 1 aromatic carbocycles. The number of Topliss-reactive ketones (excluding diaryl/α,β-unsaturated/α-hetero) is 1. The Balaban J connectivity index is 1.63. The lowest BCUT2D eigenvalue weighted by atomic mass is 10.1. The first-order chi connectivity index (χ1) is 13.3. The molecule has 1 amide bonds. The second kappa shape index (κ2) is 7.81. The molecule has 0 unspecified atom stereocenters. The van der Waals surface area contributed by atoms with Gasteiger partial charge < -0.3 is 14.5 Å². The number of esters is 1. The normalized spacial score (nSPS) is 10.7. The van der Waals surface area contributed by atoms with Gasteiger partial charge in [0.2, 0.25) is 0 Å². The number of hydrogen-bond donors (Lipinski definition) is 2. The van der Waals surface area contributed by atoms with E-state index in [0.717, 1.165) is 10.2 Å². The zero-order valence-electron chi connectivity index (χ0n) is 15.8. The molecule has 2 aromatic heterocycles. The SMILES string of the molecule is COc1ccc2nc(NC(=O)COC(=O)c3[nH]c(C)c(C(C)=O)c3C)sc2c1. The minimum absolute atomic E-state index is 0.143. The summed E-state index contributed by atoms with van der Waals surface area (Å²) in [6.45, 7) is 4.33. The summed E-state index contributed by atoms with van der Waals surface area (Å²) in [7, 11) is 1.58. The number of rotatable bonds is 6. The predicted molar refractivity (Wildman–Crippen MR) is 105 cm³/mol. The van der Waals surface area contributed by atoms with Crippen LogP contribution < -0.4 is 10.1 Å². The number of nitrogens with one attached hydrogen (secondary N) is 2. The van der Waals surface area contributed by atoms with Gasteiger partial charge in [0, 0.05) is 11.3 Å². The van der Waals surface area contributed by atoms with Crippen molar-refractivity contribution >= 4 is 44.3 Å². The maximum Gasteiger partial charge on any atom is 0.355 e. The summed E-state index contributed by atoms with van der Waals surface area (Å²) in [4.78, 5) is 43.2. The number of ether oxygens (including phenoxy) is 2. The smallest absolute Gasteiger partial charge is 0.355 e. The van der Waals surface area contributed by atoms with E-state index in [9.17, 15) is 14.4 Å². The van der Waals surface area contributed by atoms with E-state index in [1.54, 1.807) is 33.1 Å². The van der Waals surface area contributed by atoms with Gasteiger partial charge in [-0.1, -0.05) is 11.3 Å². The number of amides is 1. The maximum absolute atomic E-state index is 12.3. The van der Waals surface area contributed by atoms with Crippen molar-refractivity contribution in [3.63, 3.8) is 0 Å². The molecule has 0 aliphatic rings. The van der Waals surface area contributed by atoms with Crippen molar-refractivity contribution in [1.82, 2.24) is 9.97 Å². The highest BCUT2D eigenvalue weighted by Gasteiger charge is 2.21. The zero-order valence-corrected chi connectivity index (χ0v) is 16.7. The van der Waals surface area contributed by atoms with Gasteiger partial charge in [-0.2, -0.15) is 0 Å². The third kappa shape index (κ3) is 3.89. The number of fused-ring (bicyclic) bond motifs is 1. The third-order valence-corrected chi connectivity index (χ3v) is 5.10. The van der Waals surface area contributed by atoms with Crippen LogP contribution >= 0.6 is 11.3 Å². The molecular weight excluding hydrogens is 382 g/mol. The number of thiazole rings is 1. The van der Waals surface area contributed by atoms with Crippen molar-refractivity contribution in [3.8, 4) is 5.75 Å². The van der Waals surface area contributed by atoms with Crippen molar-refractivity contribution in [2.24, 2.45) is 0 Å². The molecule has 0 aliphatic heterocycles. The molecule has 0 radical (unpaired) electrons. The number of ketones is 1. The third-order valence-electron chi connectivity index (χ3n) is 4.17. The average Bonchev–Trinajstić information content (AvgIpc) is 3.18. The van der Waals surface area contributed by atoms with Crippen LogP contribution in [0.3, 0.4) is 0 Å². The first-order valence-corrected chi connectivity index (χ1v) is 9.23. The van der Waals surface area contributed by atoms with E-state index in [0.29, 0.717) is 27.7 Å². The topological polar surface area (TPSA) is 110 Å². The van der Waals surface area contributed by atoms with Crippen molar-refractivity contribution in [1.29, 1.82) is 0 Å². The number of benzene rings is 1. The second-order valence-electron chi connectivity index (χ2n) is 6.16. The van der Waals surface area contributed by atoms with E-state index in [-0.39, 0.29) is 11.5 Å². The van der Waals surface area contributed by atoms with Crippen molar-refractivity contribution in [2.45, 2.75) is 20.8 Å². The molecule has 0 bridgehead atoms. The lowest BCUT2D eigenvalue weighted by molar-refractivity contribution is -0.119. The summed E-state index contributed by atoms with van der Waals surface area (Å²) in [6, 6.07) is 5.40. The number of carbonyl (C=O) groups is 3. The highest BCUT2D eigenvalue weighted by atomic mass is 32.1. The Hall–Kier alpha value is -3.20. The van der Waals surface area contributed by atoms with E-state index in [4.69, 9.17) is 9.47 Å². The Morgan fingerprint density at radius 2 is 2.00 bits per heavy atom. The summed E-state index contributed by atoms with van der Waals surface area (Å²) >= 11 is 1.29. The van der Waals surface area contributed by atoms with E-state index >= 15 is 0 Å². The second-order valence-corrected chi connectivity index (χ2v) is 7.19. The van der Waals surface area contributed by atoms with Crippen LogP contribution in [-0.4, -0.2) is 41.3 Å². The Morgan fingerprint density at radius 1 is 1.25 bits per heavy atom. The first kappa shape index (κ1) is 19.6. The van der Waals surface area contributed by atoms with Gasteiger partial charge in [-0.05, 0) is 44.5 Å². The van der Waals surface area contributed by atoms with Gasteiger partial charge in [-0.25, -0.2) is 9.78 Å². The van der Waals surface area contributed by atoms with Gasteiger partial charge in [0.05, 0.1) is 17.3 Å². The monoisotopic (exact) mass is 401 g/mol. The molecule has 0 atom stereocenters. The summed E-state index contributed by atoms with van der Waals surface area (Å²) in [6.07, 6.45) is 0. The summed E-state index contributed by atoms with van der Waals surface area (Å²) < 4.78 is 11.1. The molecule has 0 saturated carbocycles. The molecule has 2 heterocycles. The molecule has 0 spiro atoms. The highest BCUT2D eigenvalue weighted by molar-refractivity contribution is 7.22. The largest absolute Gasteiger partial charge is 0.497 e. The highest BCUT2D eigenvalue weighted by Crippen LogP contribution is 2.29. The molecule has 146 valence electrons. The standard InChI is InChI=1S/C19H19N3O5S/c1-9-16(11(3)23)10(2)20-17(9)18(25)27-8-15(24)22-19-21-13-6-5-12(26-4)7-14(13)28-19/h5-7,20H,8H2,1-4H3,(H,21,22,24). The molecule has 8 nitrogen and oxygen atoms in total. The Kier molecular flexibility index (Phi) is 5.46. The van der Waals surface area contributed by atoms with E-state index in [2.05, 4.69) is 15.3 Å². The molecule has 0 saturated heterocycles. The fourth-order valence-corrected chi connectivity index (χ4v) is 3.84. The van der Waals surface area contributed by atoms with Gasteiger partial charge in [0.1, 0.15) is 11.4 Å². The molecule has 2 N–H and O–H groups in total.